The van der Waals surface area contributed by atoms with Gasteiger partial charge in [0.15, 0.2) is 0 Å². The minimum Gasteiger partial charge on any atom is -0.466 e. The summed E-state index contributed by atoms with van der Waals surface area (Å²) in [7, 11) is 0. The van der Waals surface area contributed by atoms with E-state index in [1.165, 1.54) is 43.6 Å². The second kappa shape index (κ2) is 2.63. The zero-order valence-electron chi connectivity index (χ0n) is 8.23. The molecule has 1 heteroatoms. The first kappa shape index (κ1) is 7.66. The molecule has 1 heterocycles. The van der Waals surface area contributed by atoms with Crippen LogP contribution in [-0.2, 0) is 19.3 Å². The van der Waals surface area contributed by atoms with Crippen LogP contribution in [0.5, 0.6) is 0 Å². The highest BCUT2D eigenvalue weighted by atomic mass is 16.3. The molecule has 2 aliphatic rings. The Balaban J connectivity index is 2.17. The molecule has 0 fully saturated rings. The van der Waals surface area contributed by atoms with E-state index in [1.54, 1.807) is 11.1 Å². The molecule has 70 valence electrons. The third kappa shape index (κ3) is 0.932. The molecule has 1 unspecified atom stereocenters. The van der Waals surface area contributed by atoms with E-state index in [4.69, 9.17) is 4.42 Å². The maximum atomic E-state index is 5.91. The van der Waals surface area contributed by atoms with Gasteiger partial charge < -0.3 is 4.42 Å². The Bertz CT molecular complexity index is 335. The fourth-order valence-corrected chi connectivity index (χ4v) is 3.06. The molecule has 1 atom stereocenters. The minimum atomic E-state index is 0.864. The molecule has 3 rings (SSSR count). The molecule has 0 N–H and O–H groups in total. The van der Waals surface area contributed by atoms with Gasteiger partial charge in [-0.15, -0.1) is 0 Å². The van der Waals surface area contributed by atoms with Gasteiger partial charge in [-0.05, 0) is 37.2 Å². The summed E-state index contributed by atoms with van der Waals surface area (Å²) in [4.78, 5) is 0. The molecule has 0 bridgehead atoms. The molecule has 1 aromatic heterocycles. The van der Waals surface area contributed by atoms with Crippen molar-refractivity contribution in [3.05, 3.63) is 22.6 Å². The number of aryl methyl sites for hydroxylation is 2. The third-order valence-corrected chi connectivity index (χ3v) is 3.64. The molecule has 0 saturated heterocycles. The van der Waals surface area contributed by atoms with Crippen LogP contribution in [0.3, 0.4) is 0 Å². The van der Waals surface area contributed by atoms with Crippen molar-refractivity contribution in [2.24, 2.45) is 0 Å². The van der Waals surface area contributed by atoms with Crippen LogP contribution in [0.25, 0.3) is 0 Å². The van der Waals surface area contributed by atoms with Gasteiger partial charge in [-0.2, -0.15) is 0 Å². The van der Waals surface area contributed by atoms with Crippen LogP contribution in [-0.4, -0.2) is 0 Å². The van der Waals surface area contributed by atoms with E-state index < -0.39 is 0 Å². The van der Waals surface area contributed by atoms with Gasteiger partial charge in [0.25, 0.3) is 0 Å². The standard InChI is InChI=1S/C12H16O/c1-2-10-9-7-6-8-4-3-5-11(13-10)12(8)9/h8H,2-7H2,1H3. The van der Waals surface area contributed by atoms with E-state index in [1.807, 2.05) is 0 Å². The first-order valence-electron chi connectivity index (χ1n) is 5.53. The number of hydrogen-bond acceptors (Lipinski definition) is 1. The fourth-order valence-electron chi connectivity index (χ4n) is 3.06. The number of rotatable bonds is 1. The Hall–Kier alpha value is -0.720. The van der Waals surface area contributed by atoms with E-state index in [-0.39, 0.29) is 0 Å². The van der Waals surface area contributed by atoms with E-state index >= 15 is 0 Å². The topological polar surface area (TPSA) is 13.1 Å². The van der Waals surface area contributed by atoms with E-state index in [9.17, 15) is 0 Å². The quantitative estimate of drug-likeness (QED) is 0.640. The van der Waals surface area contributed by atoms with Gasteiger partial charge in [0, 0.05) is 18.4 Å². The zero-order valence-corrected chi connectivity index (χ0v) is 8.23. The average Bonchev–Trinajstić information content (AvgIpc) is 2.73. The molecule has 1 nitrogen and oxygen atoms in total. The largest absolute Gasteiger partial charge is 0.466 e. The Morgan fingerprint density at radius 1 is 1.31 bits per heavy atom. The molecule has 0 spiro atoms. The Morgan fingerprint density at radius 2 is 2.23 bits per heavy atom. The highest BCUT2D eigenvalue weighted by molar-refractivity contribution is 5.42. The summed E-state index contributed by atoms with van der Waals surface area (Å²) in [5.74, 6) is 3.48. The molecular formula is C12H16O. The smallest absolute Gasteiger partial charge is 0.107 e. The van der Waals surface area contributed by atoms with Gasteiger partial charge in [-0.1, -0.05) is 6.92 Å². The average molecular weight is 176 g/mol. The molecule has 13 heavy (non-hydrogen) atoms. The van der Waals surface area contributed by atoms with Crippen molar-refractivity contribution >= 4 is 0 Å². The van der Waals surface area contributed by atoms with Gasteiger partial charge in [0.1, 0.15) is 11.5 Å². The van der Waals surface area contributed by atoms with Crippen molar-refractivity contribution < 1.29 is 4.42 Å². The first-order valence-corrected chi connectivity index (χ1v) is 5.53. The van der Waals surface area contributed by atoms with Crippen molar-refractivity contribution in [1.82, 2.24) is 0 Å². The molecule has 2 aliphatic carbocycles. The van der Waals surface area contributed by atoms with Gasteiger partial charge >= 0.3 is 0 Å². The highest BCUT2D eigenvalue weighted by Gasteiger charge is 2.33. The highest BCUT2D eigenvalue weighted by Crippen LogP contribution is 2.45. The van der Waals surface area contributed by atoms with Crippen molar-refractivity contribution in [1.29, 1.82) is 0 Å². The maximum absolute atomic E-state index is 5.91. The van der Waals surface area contributed by atoms with Gasteiger partial charge in [0.05, 0.1) is 0 Å². The van der Waals surface area contributed by atoms with E-state index in [0.29, 0.717) is 0 Å². The SMILES string of the molecule is CCc1oc2c3c1CCC3CCC2. The van der Waals surface area contributed by atoms with Crippen molar-refractivity contribution in [3.63, 3.8) is 0 Å². The van der Waals surface area contributed by atoms with Crippen LogP contribution in [0.15, 0.2) is 4.42 Å². The van der Waals surface area contributed by atoms with Gasteiger partial charge in [0.2, 0.25) is 0 Å². The summed E-state index contributed by atoms with van der Waals surface area (Å²) >= 11 is 0. The maximum Gasteiger partial charge on any atom is 0.107 e. The molecule has 0 radical (unpaired) electrons. The summed E-state index contributed by atoms with van der Waals surface area (Å²) in [6, 6.07) is 0. The zero-order chi connectivity index (χ0) is 8.84. The lowest BCUT2D eigenvalue weighted by Gasteiger charge is -2.16. The number of furan rings is 1. The second-order valence-corrected chi connectivity index (χ2v) is 4.32. The van der Waals surface area contributed by atoms with Crippen LogP contribution >= 0.6 is 0 Å². The molecule has 0 aliphatic heterocycles. The molecule has 1 aromatic rings. The Morgan fingerprint density at radius 3 is 3.08 bits per heavy atom. The molecule has 0 aromatic carbocycles. The Kier molecular flexibility index (Phi) is 1.55. The first-order chi connectivity index (χ1) is 6.40. The van der Waals surface area contributed by atoms with Crippen LogP contribution in [0, 0.1) is 0 Å². The summed E-state index contributed by atoms with van der Waals surface area (Å²) < 4.78 is 5.91. The van der Waals surface area contributed by atoms with Crippen molar-refractivity contribution in [2.75, 3.05) is 0 Å². The normalized spacial score (nSPS) is 24.8. The van der Waals surface area contributed by atoms with Crippen LogP contribution in [0.2, 0.25) is 0 Å². The van der Waals surface area contributed by atoms with Crippen LogP contribution < -0.4 is 0 Å². The van der Waals surface area contributed by atoms with Crippen LogP contribution in [0.1, 0.15) is 54.8 Å². The summed E-state index contributed by atoms with van der Waals surface area (Å²) in [5, 5.41) is 0. The van der Waals surface area contributed by atoms with Crippen molar-refractivity contribution in [3.8, 4) is 0 Å². The number of hydrogen-bond donors (Lipinski definition) is 0. The predicted molar refractivity (Wildman–Crippen MR) is 52.1 cm³/mol. The summed E-state index contributed by atoms with van der Waals surface area (Å²) in [6.45, 7) is 2.20. The monoisotopic (exact) mass is 176 g/mol. The minimum absolute atomic E-state index is 0.864. The lowest BCUT2D eigenvalue weighted by atomic mass is 9.89. The summed E-state index contributed by atoms with van der Waals surface area (Å²) in [5.41, 5.74) is 3.21. The Labute approximate surface area is 79.1 Å². The lowest BCUT2D eigenvalue weighted by molar-refractivity contribution is 0.417. The van der Waals surface area contributed by atoms with Gasteiger partial charge in [-0.3, -0.25) is 0 Å². The predicted octanol–water partition coefficient (Wildman–Crippen LogP) is 3.21. The van der Waals surface area contributed by atoms with Crippen LogP contribution in [0.4, 0.5) is 0 Å². The van der Waals surface area contributed by atoms with E-state index in [0.717, 1.165) is 12.3 Å². The van der Waals surface area contributed by atoms with Crippen molar-refractivity contribution in [2.45, 2.75) is 51.4 Å². The van der Waals surface area contributed by atoms with E-state index in [2.05, 4.69) is 6.92 Å². The van der Waals surface area contributed by atoms with Gasteiger partial charge in [-0.25, -0.2) is 0 Å². The fraction of sp³-hybridized carbons (Fsp3) is 0.667. The molecule has 0 saturated carbocycles. The molecule has 0 amide bonds. The third-order valence-electron chi connectivity index (χ3n) is 3.64. The summed E-state index contributed by atoms with van der Waals surface area (Å²) in [6.07, 6.45) is 7.69. The lowest BCUT2D eigenvalue weighted by Crippen LogP contribution is -2.03. The second-order valence-electron chi connectivity index (χ2n) is 4.32. The molecular weight excluding hydrogens is 160 g/mol.